The molecule has 0 radical (unpaired) electrons. The molecule has 0 saturated carbocycles. The van der Waals surface area contributed by atoms with Gasteiger partial charge in [0.25, 0.3) is 0 Å². The lowest BCUT2D eigenvalue weighted by molar-refractivity contribution is -0.132. The summed E-state index contributed by atoms with van der Waals surface area (Å²) in [5.41, 5.74) is 1.06. The van der Waals surface area contributed by atoms with Crippen molar-refractivity contribution in [2.24, 2.45) is 5.92 Å². The normalized spacial score (nSPS) is 13.4. The molecule has 1 amide bonds. The molecule has 2 atom stereocenters. The van der Waals surface area contributed by atoms with Gasteiger partial charge in [-0.25, -0.2) is 0 Å². The lowest BCUT2D eigenvalue weighted by Gasteiger charge is -2.27. The summed E-state index contributed by atoms with van der Waals surface area (Å²) in [5, 5.41) is 8.62. The largest absolute Gasteiger partial charge is 0.344 e. The first-order valence-corrected chi connectivity index (χ1v) is 6.78. The molecule has 19 heavy (non-hydrogen) atoms. The van der Waals surface area contributed by atoms with Crippen molar-refractivity contribution < 1.29 is 4.79 Å². The maximum Gasteiger partial charge on any atom is 0.230 e. The van der Waals surface area contributed by atoms with Crippen LogP contribution in [0.1, 0.15) is 38.2 Å². The van der Waals surface area contributed by atoms with Crippen molar-refractivity contribution in [2.45, 2.75) is 32.6 Å². The van der Waals surface area contributed by atoms with Gasteiger partial charge in [-0.1, -0.05) is 50.6 Å². The highest BCUT2D eigenvalue weighted by Crippen LogP contribution is 2.28. The fourth-order valence-electron chi connectivity index (χ4n) is 2.18. The highest BCUT2D eigenvalue weighted by molar-refractivity contribution is 5.83. The van der Waals surface area contributed by atoms with Crippen LogP contribution in [0.15, 0.2) is 30.3 Å². The van der Waals surface area contributed by atoms with Gasteiger partial charge < -0.3 is 4.90 Å². The topological polar surface area (TPSA) is 44.1 Å². The number of rotatable bonds is 6. The first kappa shape index (κ1) is 15.2. The third kappa shape index (κ3) is 4.10. The molecule has 3 nitrogen and oxygen atoms in total. The van der Waals surface area contributed by atoms with E-state index in [0.717, 1.165) is 12.0 Å². The Bertz CT molecular complexity index is 436. The molecule has 0 N–H and O–H groups in total. The Hall–Kier alpha value is -1.82. The van der Waals surface area contributed by atoms with Crippen LogP contribution in [-0.4, -0.2) is 24.4 Å². The van der Waals surface area contributed by atoms with Crippen LogP contribution in [0.25, 0.3) is 0 Å². The van der Waals surface area contributed by atoms with Crippen LogP contribution in [-0.2, 0) is 4.79 Å². The third-order valence-corrected chi connectivity index (χ3v) is 3.57. The number of carbonyl (C=O) groups excluding carboxylic acids is 1. The van der Waals surface area contributed by atoms with Crippen molar-refractivity contribution in [3.8, 4) is 6.07 Å². The maximum atomic E-state index is 12.6. The first-order valence-electron chi connectivity index (χ1n) is 6.78. The summed E-state index contributed by atoms with van der Waals surface area (Å²) >= 11 is 0. The minimum absolute atomic E-state index is 0.107. The van der Waals surface area contributed by atoms with E-state index in [9.17, 15) is 4.79 Å². The van der Waals surface area contributed by atoms with Crippen molar-refractivity contribution in [3.05, 3.63) is 35.9 Å². The summed E-state index contributed by atoms with van der Waals surface area (Å²) in [7, 11) is 1.78. The quantitative estimate of drug-likeness (QED) is 0.786. The third-order valence-electron chi connectivity index (χ3n) is 3.57. The molecule has 0 aliphatic rings. The molecule has 0 bridgehead atoms. The number of amides is 1. The molecule has 1 rings (SSSR count). The lowest BCUT2D eigenvalue weighted by Crippen LogP contribution is -2.35. The van der Waals surface area contributed by atoms with E-state index in [0.29, 0.717) is 18.9 Å². The second kappa shape index (κ2) is 7.58. The van der Waals surface area contributed by atoms with Crippen molar-refractivity contribution in [3.63, 3.8) is 0 Å². The molecule has 0 saturated heterocycles. The summed E-state index contributed by atoms with van der Waals surface area (Å²) in [6.07, 6.45) is 1.33. The van der Waals surface area contributed by atoms with Crippen molar-refractivity contribution in [2.75, 3.05) is 13.6 Å². The molecule has 0 heterocycles. The van der Waals surface area contributed by atoms with Crippen LogP contribution in [0, 0.1) is 17.2 Å². The fourth-order valence-corrected chi connectivity index (χ4v) is 2.18. The van der Waals surface area contributed by atoms with E-state index in [1.165, 1.54) is 0 Å². The van der Waals surface area contributed by atoms with E-state index in [4.69, 9.17) is 5.26 Å². The summed E-state index contributed by atoms with van der Waals surface area (Å²) < 4.78 is 0. The van der Waals surface area contributed by atoms with Gasteiger partial charge in [-0.15, -0.1) is 0 Å². The lowest BCUT2D eigenvalue weighted by atomic mass is 9.84. The zero-order valence-corrected chi connectivity index (χ0v) is 12.0. The molecule has 102 valence electrons. The first-order chi connectivity index (χ1) is 9.11. The van der Waals surface area contributed by atoms with Gasteiger partial charge in [0.1, 0.15) is 0 Å². The Balaban J connectivity index is 2.92. The molecule has 1 aromatic rings. The Morgan fingerprint density at radius 1 is 1.37 bits per heavy atom. The van der Waals surface area contributed by atoms with Crippen LogP contribution in [0.3, 0.4) is 0 Å². The Labute approximate surface area is 115 Å². The number of benzene rings is 1. The average molecular weight is 258 g/mol. The van der Waals surface area contributed by atoms with Gasteiger partial charge in [-0.3, -0.25) is 4.79 Å². The molecular weight excluding hydrogens is 236 g/mol. The van der Waals surface area contributed by atoms with E-state index in [-0.39, 0.29) is 11.8 Å². The zero-order valence-electron chi connectivity index (χ0n) is 12.0. The fraction of sp³-hybridized carbons (Fsp3) is 0.500. The molecule has 0 fully saturated rings. The SMILES string of the molecule is CCC(C)C(C(=O)N(C)CCC#N)c1ccccc1. The van der Waals surface area contributed by atoms with Gasteiger partial charge in [-0.05, 0) is 11.5 Å². The van der Waals surface area contributed by atoms with Gasteiger partial charge in [0.05, 0.1) is 18.4 Å². The second-order valence-corrected chi connectivity index (χ2v) is 4.94. The Morgan fingerprint density at radius 3 is 2.53 bits per heavy atom. The minimum atomic E-state index is -0.116. The number of nitriles is 1. The highest BCUT2D eigenvalue weighted by atomic mass is 16.2. The molecule has 1 aromatic carbocycles. The van der Waals surface area contributed by atoms with Gasteiger partial charge in [-0.2, -0.15) is 5.26 Å². The van der Waals surface area contributed by atoms with E-state index < -0.39 is 0 Å². The molecular formula is C16H22N2O. The molecule has 0 aliphatic carbocycles. The smallest absolute Gasteiger partial charge is 0.230 e. The predicted octanol–water partition coefficient (Wildman–Crippen LogP) is 3.19. The van der Waals surface area contributed by atoms with Crippen LogP contribution in [0.2, 0.25) is 0 Å². The van der Waals surface area contributed by atoms with Crippen molar-refractivity contribution in [1.82, 2.24) is 4.90 Å². The van der Waals surface area contributed by atoms with E-state index in [1.807, 2.05) is 30.3 Å². The summed E-state index contributed by atoms with van der Waals surface area (Å²) in [5.74, 6) is 0.283. The number of carbonyl (C=O) groups is 1. The second-order valence-electron chi connectivity index (χ2n) is 4.94. The molecule has 2 unspecified atom stereocenters. The van der Waals surface area contributed by atoms with Gasteiger partial charge in [0, 0.05) is 13.6 Å². The number of hydrogen-bond acceptors (Lipinski definition) is 2. The maximum absolute atomic E-state index is 12.6. The van der Waals surface area contributed by atoms with Crippen molar-refractivity contribution in [1.29, 1.82) is 5.26 Å². The van der Waals surface area contributed by atoms with Crippen LogP contribution in [0.4, 0.5) is 0 Å². The van der Waals surface area contributed by atoms with E-state index in [2.05, 4.69) is 19.9 Å². The summed E-state index contributed by atoms with van der Waals surface area (Å²) in [6, 6.07) is 12.0. The van der Waals surface area contributed by atoms with Crippen molar-refractivity contribution >= 4 is 5.91 Å². The van der Waals surface area contributed by atoms with Crippen LogP contribution < -0.4 is 0 Å². The number of hydrogen-bond donors (Lipinski definition) is 0. The van der Waals surface area contributed by atoms with Gasteiger partial charge in [0.2, 0.25) is 5.91 Å². The van der Waals surface area contributed by atoms with Gasteiger partial charge in [0.15, 0.2) is 0 Å². The van der Waals surface area contributed by atoms with Crippen LogP contribution in [0.5, 0.6) is 0 Å². The summed E-state index contributed by atoms with van der Waals surface area (Å²) in [4.78, 5) is 14.2. The van der Waals surface area contributed by atoms with Crippen LogP contribution >= 0.6 is 0 Å². The Morgan fingerprint density at radius 2 is 2.00 bits per heavy atom. The summed E-state index contributed by atoms with van der Waals surface area (Å²) in [6.45, 7) is 4.70. The molecule has 0 spiro atoms. The van der Waals surface area contributed by atoms with Gasteiger partial charge >= 0.3 is 0 Å². The highest BCUT2D eigenvalue weighted by Gasteiger charge is 2.27. The predicted molar refractivity (Wildman–Crippen MR) is 76.5 cm³/mol. The molecule has 3 heteroatoms. The van der Waals surface area contributed by atoms with E-state index >= 15 is 0 Å². The molecule has 0 aliphatic heterocycles. The minimum Gasteiger partial charge on any atom is -0.344 e. The zero-order chi connectivity index (χ0) is 14.3. The monoisotopic (exact) mass is 258 g/mol. The average Bonchev–Trinajstić information content (AvgIpc) is 2.45. The number of likely N-dealkylation sites (N-methyl/N-ethyl adjacent to an activating group) is 1. The van der Waals surface area contributed by atoms with E-state index in [1.54, 1.807) is 11.9 Å². The Kier molecular flexibility index (Phi) is 6.08. The standard InChI is InChI=1S/C16H22N2O/c1-4-13(2)15(14-9-6-5-7-10-14)16(19)18(3)12-8-11-17/h5-7,9-10,13,15H,4,8,12H2,1-3H3. The number of nitrogens with zero attached hydrogens (tertiary/aromatic N) is 2. The molecule has 0 aromatic heterocycles.